The summed E-state index contributed by atoms with van der Waals surface area (Å²) in [5, 5.41) is 43.1. The third kappa shape index (κ3) is 1.51. The summed E-state index contributed by atoms with van der Waals surface area (Å²) in [7, 11) is 0. The molecule has 12 aromatic rings. The molecule has 1 aliphatic heterocycles. The molecule has 1 saturated carbocycles. The van der Waals surface area contributed by atoms with Crippen LogP contribution in [-0.4, -0.2) is 48.2 Å². The van der Waals surface area contributed by atoms with Crippen molar-refractivity contribution in [1.82, 2.24) is 4.90 Å². The quantitative estimate of drug-likeness (QED) is 0.157. The number of carbonyl (C=O) groups excluding carboxylic acids is 1. The summed E-state index contributed by atoms with van der Waals surface area (Å²) in [4.78, 5) is 32.5. The normalized spacial score (nSPS) is 27.1. The first-order valence-corrected chi connectivity index (χ1v) is 18.6. The van der Waals surface area contributed by atoms with E-state index in [1.54, 1.807) is 0 Å². The van der Waals surface area contributed by atoms with E-state index in [0.29, 0.717) is 26.3 Å². The first-order valence-electron chi connectivity index (χ1n) is 18.6. The molecular formula is C47H19NO4. The predicted octanol–water partition coefficient (Wildman–Crippen LogP) is 7.21. The zero-order valence-electron chi connectivity index (χ0n) is 27.2. The van der Waals surface area contributed by atoms with Gasteiger partial charge in [-0.1, -0.05) is 60.7 Å². The minimum atomic E-state index is -1.73. The van der Waals surface area contributed by atoms with Crippen molar-refractivity contribution in [2.45, 2.75) is 10.8 Å². The van der Waals surface area contributed by atoms with Gasteiger partial charge in [-0.05, 0) is 151 Å². The van der Waals surface area contributed by atoms with Crippen molar-refractivity contribution >= 4 is 142 Å². The first kappa shape index (κ1) is 23.4. The zero-order valence-corrected chi connectivity index (χ0v) is 27.2. The maximum absolute atomic E-state index is 15.8. The van der Waals surface area contributed by atoms with Crippen LogP contribution in [0.25, 0.3) is 130 Å². The molecule has 236 valence electrons. The lowest BCUT2D eigenvalue weighted by Gasteiger charge is -2.32. The van der Waals surface area contributed by atoms with Gasteiger partial charge in [0, 0.05) is 13.1 Å². The van der Waals surface area contributed by atoms with Gasteiger partial charge in [0.15, 0.2) is 5.41 Å². The maximum atomic E-state index is 15.8. The lowest BCUT2D eigenvalue weighted by atomic mass is 9.68. The number of morpholine rings is 1. The number of aliphatic carboxylic acids is 1. The first-order chi connectivity index (χ1) is 25.6. The van der Waals surface area contributed by atoms with E-state index in [2.05, 4.69) is 60.7 Å². The molecular weight excluding hydrogens is 643 g/mol. The number of ether oxygens (including phenoxy) is 1. The van der Waals surface area contributed by atoms with Crippen LogP contribution in [-0.2, 0) is 25.2 Å². The standard InChI is InChI=1S/C47H19NO4/c49-43(48-11-13-52-14-12-48)47(44(50)51)45-23-9-10-24-22-8-6-20-18-4-2-16-15-1-3-17-19-5-7-21(23)31-29(19)34-27(17)25(15)33-26(16)28(18)35-30(20)32(22)42(46(24,45)47)40-38(35)36(33)37(34)39(40)41(31)45/h1-10H,11-14H2,(H,50,51). The fraction of sp³-hybridized carbons (Fsp3) is 0.149. The number of carboxylic acids is 1. The number of benzene rings is 8. The van der Waals surface area contributed by atoms with Crippen LogP contribution in [0, 0.1) is 5.41 Å². The molecule has 0 aromatic heterocycles. The molecule has 1 saturated heterocycles. The summed E-state index contributed by atoms with van der Waals surface area (Å²) in [5.74, 6) is -1.24. The highest BCUT2D eigenvalue weighted by atomic mass is 16.5. The second-order valence-electron chi connectivity index (χ2n) is 17.0. The van der Waals surface area contributed by atoms with E-state index in [1.165, 1.54) is 118 Å². The average Bonchev–Trinajstić information content (AvgIpc) is 3.79. The van der Waals surface area contributed by atoms with Gasteiger partial charge in [-0.3, -0.25) is 9.59 Å². The Labute approximate surface area is 289 Å². The molecule has 1 N–H and O–H groups in total. The Balaban J connectivity index is 1.29. The number of carboxylic acid groups (broad SMARTS) is 1. The van der Waals surface area contributed by atoms with Crippen molar-refractivity contribution in [2.75, 3.05) is 26.3 Å². The van der Waals surface area contributed by atoms with Gasteiger partial charge in [0.05, 0.1) is 24.0 Å². The number of rotatable bonds is 2. The molecule has 5 aliphatic carbocycles. The van der Waals surface area contributed by atoms with Crippen LogP contribution in [0.3, 0.4) is 0 Å². The lowest BCUT2D eigenvalue weighted by Crippen LogP contribution is -2.50. The molecule has 2 spiro atoms. The van der Waals surface area contributed by atoms with Crippen LogP contribution in [0.2, 0.25) is 0 Å². The fourth-order valence-electron chi connectivity index (χ4n) is 15.4. The molecule has 0 radical (unpaired) electrons. The summed E-state index contributed by atoms with van der Waals surface area (Å²) in [5.41, 5.74) is 0.472. The molecule has 2 fully saturated rings. The second-order valence-corrected chi connectivity index (χ2v) is 17.0. The summed E-state index contributed by atoms with van der Waals surface area (Å²) in [6.45, 7) is 1.65. The number of nitrogens with zero attached hydrogens (tertiary/aromatic N) is 1. The van der Waals surface area contributed by atoms with E-state index in [0.717, 1.165) is 32.7 Å². The van der Waals surface area contributed by atoms with Gasteiger partial charge < -0.3 is 14.7 Å². The average molecular weight is 662 g/mol. The van der Waals surface area contributed by atoms with E-state index < -0.39 is 22.2 Å². The monoisotopic (exact) mass is 661 g/mol. The molecule has 6 aliphatic rings. The van der Waals surface area contributed by atoms with E-state index in [1.807, 2.05) is 4.90 Å². The molecule has 2 atom stereocenters. The maximum Gasteiger partial charge on any atom is 0.321 e. The van der Waals surface area contributed by atoms with E-state index in [-0.39, 0.29) is 5.91 Å². The van der Waals surface area contributed by atoms with Crippen LogP contribution in [0.5, 0.6) is 0 Å². The smallest absolute Gasteiger partial charge is 0.321 e. The highest BCUT2D eigenvalue weighted by molar-refractivity contribution is 6.64. The topological polar surface area (TPSA) is 66.8 Å². The van der Waals surface area contributed by atoms with Crippen LogP contribution in [0.4, 0.5) is 0 Å². The van der Waals surface area contributed by atoms with Crippen molar-refractivity contribution in [3.05, 3.63) is 82.2 Å². The number of hydrogen-bond acceptors (Lipinski definition) is 3. The second kappa shape index (κ2) is 6.04. The number of fused-ring (bicyclic) bond motifs is 3. The summed E-state index contributed by atoms with van der Waals surface area (Å²) in [6.07, 6.45) is 4.45. The van der Waals surface area contributed by atoms with Gasteiger partial charge in [0.1, 0.15) is 0 Å². The molecule has 52 heavy (non-hydrogen) atoms. The molecule has 1 heterocycles. The highest BCUT2D eigenvalue weighted by Crippen LogP contribution is 2.92. The van der Waals surface area contributed by atoms with Crippen LogP contribution in [0.1, 0.15) is 11.1 Å². The van der Waals surface area contributed by atoms with Crippen LogP contribution < -0.4 is 10.4 Å². The van der Waals surface area contributed by atoms with Gasteiger partial charge in [-0.2, -0.15) is 0 Å². The van der Waals surface area contributed by atoms with Crippen molar-refractivity contribution in [2.24, 2.45) is 5.41 Å². The summed E-state index contributed by atoms with van der Waals surface area (Å²) in [6, 6.07) is 18.6. The van der Waals surface area contributed by atoms with Crippen LogP contribution in [0.15, 0.2) is 60.7 Å². The molecule has 5 heteroatoms. The third-order valence-electron chi connectivity index (χ3n) is 16.3. The number of amides is 1. The Morgan fingerprint density at radius 1 is 0.500 bits per heavy atom. The van der Waals surface area contributed by atoms with Gasteiger partial charge in [-0.25, -0.2) is 0 Å². The van der Waals surface area contributed by atoms with Crippen molar-refractivity contribution in [1.29, 1.82) is 0 Å². The molecule has 0 bridgehead atoms. The van der Waals surface area contributed by atoms with Crippen molar-refractivity contribution in [3.63, 3.8) is 0 Å². The molecule has 1 amide bonds. The van der Waals surface area contributed by atoms with Crippen molar-refractivity contribution < 1.29 is 19.4 Å². The SMILES string of the molecule is O=C(O)C1(C(=O)N2CCOCC2)C23C4=c5ccc6c7ccc8c9ccc%10c%11ccc%12c%13c(c%14c%15c2c5c6c2c7c8c5c9c%10c(c%13%11)c%14c5c%152)C13C=%12C=C4. The minimum absolute atomic E-state index is 0.247. The summed E-state index contributed by atoms with van der Waals surface area (Å²) < 4.78 is 5.74. The Bertz CT molecular complexity index is 3830. The molecule has 18 rings (SSSR count). The molecule has 12 aromatic carbocycles. The number of carbonyl (C=O) groups is 2. The van der Waals surface area contributed by atoms with E-state index in [4.69, 9.17) is 4.74 Å². The van der Waals surface area contributed by atoms with Gasteiger partial charge in [0.25, 0.3) is 0 Å². The largest absolute Gasteiger partial charge is 0.480 e. The number of allylic oxidation sites excluding steroid dienone is 2. The van der Waals surface area contributed by atoms with Gasteiger partial charge >= 0.3 is 5.97 Å². The third-order valence-corrected chi connectivity index (χ3v) is 16.3. The zero-order chi connectivity index (χ0) is 33.0. The van der Waals surface area contributed by atoms with E-state index >= 15 is 4.79 Å². The molecule has 2 unspecified atom stereocenters. The van der Waals surface area contributed by atoms with Crippen LogP contribution >= 0.6 is 0 Å². The lowest BCUT2D eigenvalue weighted by molar-refractivity contribution is -0.157. The summed E-state index contributed by atoms with van der Waals surface area (Å²) >= 11 is 0. The Morgan fingerprint density at radius 3 is 1.29 bits per heavy atom. The Morgan fingerprint density at radius 2 is 0.865 bits per heavy atom. The van der Waals surface area contributed by atoms with Gasteiger partial charge in [-0.15, -0.1) is 0 Å². The Kier molecular flexibility index (Phi) is 2.72. The van der Waals surface area contributed by atoms with Crippen molar-refractivity contribution in [3.8, 4) is 0 Å². The van der Waals surface area contributed by atoms with Gasteiger partial charge in [0.2, 0.25) is 5.91 Å². The predicted molar refractivity (Wildman–Crippen MR) is 205 cm³/mol. The number of hydrogen-bond donors (Lipinski definition) is 1. The Hall–Kier alpha value is -6.04. The fourth-order valence-corrected chi connectivity index (χ4v) is 15.4. The highest BCUT2D eigenvalue weighted by Gasteiger charge is 3.00. The minimum Gasteiger partial charge on any atom is -0.480 e. The molecule has 5 nitrogen and oxygen atoms in total. The van der Waals surface area contributed by atoms with E-state index in [9.17, 15) is 9.90 Å².